The summed E-state index contributed by atoms with van der Waals surface area (Å²) in [7, 11) is 0. The minimum Gasteiger partial charge on any atom is -0.508 e. The lowest BCUT2D eigenvalue weighted by Crippen LogP contribution is -2.44. The van der Waals surface area contributed by atoms with Crippen LogP contribution in [-0.4, -0.2) is 49.0 Å². The molecule has 0 saturated carbocycles. The number of ether oxygens (including phenoxy) is 3. The summed E-state index contributed by atoms with van der Waals surface area (Å²) in [6.45, 7) is 7.88. The van der Waals surface area contributed by atoms with Crippen LogP contribution < -0.4 is 9.47 Å². The van der Waals surface area contributed by atoms with Crippen molar-refractivity contribution in [1.29, 1.82) is 0 Å². The maximum atomic E-state index is 13.7. The van der Waals surface area contributed by atoms with Gasteiger partial charge in [-0.1, -0.05) is 29.8 Å². The summed E-state index contributed by atoms with van der Waals surface area (Å²) in [5.41, 5.74) is 3.47. The van der Waals surface area contributed by atoms with Crippen molar-refractivity contribution in [3.63, 3.8) is 0 Å². The van der Waals surface area contributed by atoms with Gasteiger partial charge in [0.15, 0.2) is 0 Å². The number of hydrogen-bond acceptors (Lipinski definition) is 5. The molecule has 0 aliphatic carbocycles. The van der Waals surface area contributed by atoms with E-state index in [0.29, 0.717) is 23.5 Å². The van der Waals surface area contributed by atoms with E-state index in [1.54, 1.807) is 24.3 Å². The molecule has 1 saturated heterocycles. The molecular formula is C30H30ClF2NO4. The molecule has 0 aromatic heterocycles. The van der Waals surface area contributed by atoms with Gasteiger partial charge in [-0.25, -0.2) is 8.78 Å². The zero-order valence-corrected chi connectivity index (χ0v) is 22.1. The van der Waals surface area contributed by atoms with E-state index >= 15 is 0 Å². The number of halogens is 3. The Morgan fingerprint density at radius 3 is 2.50 bits per heavy atom. The lowest BCUT2D eigenvalue weighted by molar-refractivity contribution is 0.0105. The van der Waals surface area contributed by atoms with Gasteiger partial charge in [0.25, 0.3) is 6.43 Å². The predicted molar refractivity (Wildman–Crippen MR) is 144 cm³/mol. The molecule has 1 unspecified atom stereocenters. The molecule has 8 heteroatoms. The molecule has 2 aliphatic rings. The quantitative estimate of drug-likeness (QED) is 0.344. The van der Waals surface area contributed by atoms with Gasteiger partial charge in [-0.2, -0.15) is 0 Å². The fourth-order valence-corrected chi connectivity index (χ4v) is 5.20. The van der Waals surface area contributed by atoms with E-state index < -0.39 is 12.5 Å². The first-order chi connectivity index (χ1) is 18.3. The number of phenols is 1. The summed E-state index contributed by atoms with van der Waals surface area (Å²) in [5, 5.41) is 10.1. The Morgan fingerprint density at radius 2 is 1.79 bits per heavy atom. The van der Waals surface area contributed by atoms with E-state index in [4.69, 9.17) is 25.8 Å². The van der Waals surface area contributed by atoms with Crippen LogP contribution in [0.3, 0.4) is 0 Å². The lowest BCUT2D eigenvalue weighted by Gasteiger charge is -2.32. The molecule has 0 spiro atoms. The minimum atomic E-state index is -2.71. The fraction of sp³-hybridized carbons (Fsp3) is 0.333. The number of fused-ring (bicyclic) bond motifs is 1. The summed E-state index contributed by atoms with van der Waals surface area (Å²) in [6, 6.07) is 17.5. The van der Waals surface area contributed by atoms with Gasteiger partial charge in [0.2, 0.25) is 0 Å². The summed E-state index contributed by atoms with van der Waals surface area (Å²) in [5.74, 6) is 1.45. The highest BCUT2D eigenvalue weighted by Crippen LogP contribution is 2.48. The second-order valence-electron chi connectivity index (χ2n) is 9.63. The molecule has 2 heterocycles. The first kappa shape index (κ1) is 26.5. The molecule has 0 radical (unpaired) electrons. The van der Waals surface area contributed by atoms with E-state index in [-0.39, 0.29) is 22.4 Å². The molecule has 38 heavy (non-hydrogen) atoms. The van der Waals surface area contributed by atoms with E-state index in [2.05, 4.69) is 11.8 Å². The van der Waals surface area contributed by atoms with Gasteiger partial charge in [0, 0.05) is 40.9 Å². The first-order valence-electron chi connectivity index (χ1n) is 12.6. The zero-order chi connectivity index (χ0) is 26.8. The van der Waals surface area contributed by atoms with Crippen molar-refractivity contribution in [2.75, 3.05) is 32.9 Å². The van der Waals surface area contributed by atoms with Crippen LogP contribution >= 0.6 is 11.6 Å². The molecule has 2 aliphatic heterocycles. The van der Waals surface area contributed by atoms with Gasteiger partial charge < -0.3 is 19.3 Å². The van der Waals surface area contributed by atoms with Gasteiger partial charge in [0.05, 0.1) is 13.2 Å². The van der Waals surface area contributed by atoms with E-state index in [1.807, 2.05) is 31.2 Å². The largest absolute Gasteiger partial charge is 0.508 e. The van der Waals surface area contributed by atoms with Crippen LogP contribution in [0.5, 0.6) is 17.2 Å². The van der Waals surface area contributed by atoms with Gasteiger partial charge >= 0.3 is 0 Å². The number of hydrogen-bond donors (Lipinski definition) is 1. The number of rotatable bonds is 7. The van der Waals surface area contributed by atoms with Crippen LogP contribution in [0.25, 0.3) is 11.1 Å². The van der Waals surface area contributed by atoms with Gasteiger partial charge in [0.1, 0.15) is 30.0 Å². The first-order valence-corrected chi connectivity index (χ1v) is 13.0. The predicted octanol–water partition coefficient (Wildman–Crippen LogP) is 7.15. The highest BCUT2D eigenvalue weighted by Gasteiger charge is 2.30. The minimum absolute atomic E-state index is 0.0149. The number of aromatic hydroxyl groups is 1. The third-order valence-corrected chi connectivity index (χ3v) is 7.51. The van der Waals surface area contributed by atoms with Crippen LogP contribution in [-0.2, 0) is 4.74 Å². The van der Waals surface area contributed by atoms with Crippen molar-refractivity contribution in [2.24, 2.45) is 0 Å². The number of benzene rings is 3. The average molecular weight is 542 g/mol. The van der Waals surface area contributed by atoms with Crippen molar-refractivity contribution in [2.45, 2.75) is 32.4 Å². The van der Waals surface area contributed by atoms with Crippen LogP contribution in [0.4, 0.5) is 8.78 Å². The molecule has 2 atom stereocenters. The van der Waals surface area contributed by atoms with E-state index in [9.17, 15) is 13.9 Å². The van der Waals surface area contributed by atoms with E-state index in [0.717, 1.165) is 48.8 Å². The SMILES string of the molecule is CC1=C(c2ccc(Cl)c(C(F)F)c2)C(c2ccc(OC[C@H](C)N3CCOCC3)cc2)Oc2ccc(O)cc21. The Hall–Kier alpha value is -3.13. The highest BCUT2D eigenvalue weighted by atomic mass is 35.5. The zero-order valence-electron chi connectivity index (χ0n) is 21.3. The molecule has 1 N–H and O–H groups in total. The summed E-state index contributed by atoms with van der Waals surface area (Å²) in [4.78, 5) is 2.35. The molecule has 1 fully saturated rings. The number of allylic oxidation sites excluding steroid dienone is 1. The Bertz CT molecular complexity index is 1320. The van der Waals surface area contributed by atoms with Crippen molar-refractivity contribution >= 4 is 22.7 Å². The highest BCUT2D eigenvalue weighted by molar-refractivity contribution is 6.31. The monoisotopic (exact) mass is 541 g/mol. The normalized spacial score (nSPS) is 18.7. The molecule has 0 bridgehead atoms. The number of nitrogens with zero attached hydrogens (tertiary/aromatic N) is 1. The number of morpholine rings is 1. The van der Waals surface area contributed by atoms with Crippen LogP contribution in [0.15, 0.2) is 60.7 Å². The molecule has 5 rings (SSSR count). The molecular weight excluding hydrogens is 512 g/mol. The molecule has 0 amide bonds. The standard InChI is InChI=1S/C30H30ClF2NO4/c1-18(34-11-13-36-14-12-34)17-37-23-7-3-20(4-8-23)29-28(21-5-9-26(31)25(15-21)30(32)33)19(2)24-16-22(35)6-10-27(24)38-29/h3-10,15-16,18,29-30,35H,11-14,17H2,1-2H3/t18-,29?/m0/s1. The fourth-order valence-electron chi connectivity index (χ4n) is 5.00. The summed E-state index contributed by atoms with van der Waals surface area (Å²) >= 11 is 6.06. The van der Waals surface area contributed by atoms with Gasteiger partial charge in [-0.15, -0.1) is 0 Å². The second kappa shape index (κ2) is 11.3. The van der Waals surface area contributed by atoms with Gasteiger partial charge in [-0.05, 0) is 73.0 Å². The Morgan fingerprint density at radius 1 is 1.05 bits per heavy atom. The Kier molecular flexibility index (Phi) is 7.88. The van der Waals surface area contributed by atoms with Gasteiger partial charge in [-0.3, -0.25) is 4.90 Å². The van der Waals surface area contributed by atoms with Crippen LogP contribution in [0.1, 0.15) is 48.6 Å². The van der Waals surface area contributed by atoms with Crippen molar-refractivity contribution in [3.8, 4) is 17.2 Å². The van der Waals surface area contributed by atoms with Crippen molar-refractivity contribution in [3.05, 3.63) is 87.9 Å². The summed E-state index contributed by atoms with van der Waals surface area (Å²) in [6.07, 6.45) is -3.26. The Labute approximate surface area is 226 Å². The summed E-state index contributed by atoms with van der Waals surface area (Å²) < 4.78 is 45.3. The third kappa shape index (κ3) is 5.51. The number of phenolic OH excluding ortho intramolecular Hbond substituents is 1. The topological polar surface area (TPSA) is 51.2 Å². The van der Waals surface area contributed by atoms with Crippen LogP contribution in [0, 0.1) is 0 Å². The van der Waals surface area contributed by atoms with Crippen molar-refractivity contribution < 1.29 is 28.1 Å². The number of alkyl halides is 2. The average Bonchev–Trinajstić information content (AvgIpc) is 2.93. The maximum absolute atomic E-state index is 13.7. The maximum Gasteiger partial charge on any atom is 0.265 e. The Balaban J connectivity index is 1.44. The lowest BCUT2D eigenvalue weighted by atomic mass is 9.85. The molecule has 5 nitrogen and oxygen atoms in total. The third-order valence-electron chi connectivity index (χ3n) is 7.16. The second-order valence-corrected chi connectivity index (χ2v) is 10.0. The molecule has 3 aromatic rings. The molecule has 3 aromatic carbocycles. The smallest absolute Gasteiger partial charge is 0.265 e. The van der Waals surface area contributed by atoms with Crippen LogP contribution in [0.2, 0.25) is 5.02 Å². The van der Waals surface area contributed by atoms with Crippen molar-refractivity contribution in [1.82, 2.24) is 4.90 Å². The molecule has 200 valence electrons. The van der Waals surface area contributed by atoms with E-state index in [1.165, 1.54) is 12.1 Å².